The van der Waals surface area contributed by atoms with E-state index < -0.39 is 0 Å². The summed E-state index contributed by atoms with van der Waals surface area (Å²) in [5.41, 5.74) is 1.24. The zero-order valence-corrected chi connectivity index (χ0v) is 13.9. The lowest BCUT2D eigenvalue weighted by Gasteiger charge is -2.24. The molecule has 0 unspecified atom stereocenters. The van der Waals surface area contributed by atoms with Crippen molar-refractivity contribution in [3.05, 3.63) is 57.8 Å². The molecule has 2 aromatic rings. The average Bonchev–Trinajstić information content (AvgIpc) is 3.35. The van der Waals surface area contributed by atoms with Crippen molar-refractivity contribution in [3.8, 4) is 0 Å². The molecule has 3 nitrogen and oxygen atoms in total. The third-order valence-corrected chi connectivity index (χ3v) is 5.95. The van der Waals surface area contributed by atoms with E-state index in [2.05, 4.69) is 30.3 Å². The highest BCUT2D eigenvalue weighted by Crippen LogP contribution is 2.37. The van der Waals surface area contributed by atoms with Crippen molar-refractivity contribution in [2.24, 2.45) is 0 Å². The Balaban J connectivity index is 1.54. The van der Waals surface area contributed by atoms with Crippen LogP contribution >= 0.6 is 11.3 Å². The molecule has 0 saturated carbocycles. The molecule has 2 fully saturated rings. The smallest absolute Gasteiger partial charge is 0.264 e. The summed E-state index contributed by atoms with van der Waals surface area (Å²) in [7, 11) is 0. The molecule has 3 heterocycles. The van der Waals surface area contributed by atoms with Gasteiger partial charge in [-0.25, -0.2) is 0 Å². The summed E-state index contributed by atoms with van der Waals surface area (Å²) in [6.07, 6.45) is 4.53. The van der Waals surface area contributed by atoms with Crippen molar-refractivity contribution in [1.29, 1.82) is 0 Å². The minimum absolute atomic E-state index is 0.172. The SMILES string of the molecule is O=C(c1ccc([C@H]2CCCO2)s1)N1CCC[C@@H]1c1ccccc1. The normalized spacial score (nSPS) is 24.3. The van der Waals surface area contributed by atoms with E-state index in [1.807, 2.05) is 17.0 Å². The van der Waals surface area contributed by atoms with Gasteiger partial charge in [0.2, 0.25) is 0 Å². The Morgan fingerprint density at radius 2 is 1.96 bits per heavy atom. The van der Waals surface area contributed by atoms with Crippen LogP contribution in [-0.4, -0.2) is 24.0 Å². The summed E-state index contributed by atoms with van der Waals surface area (Å²) in [6.45, 7) is 1.69. The van der Waals surface area contributed by atoms with Crippen LogP contribution in [0.4, 0.5) is 0 Å². The standard InChI is InChI=1S/C19H21NO2S/c21-19(18-11-10-17(23-18)16-9-5-13-22-16)20-12-4-8-15(20)14-6-2-1-3-7-14/h1-3,6-7,10-11,15-16H,4-5,8-9,12-13H2/t15-,16-/m1/s1. The molecule has 1 amide bonds. The lowest BCUT2D eigenvalue weighted by Crippen LogP contribution is -2.29. The first-order valence-electron chi connectivity index (χ1n) is 8.40. The number of amides is 1. The second kappa shape index (κ2) is 6.46. The second-order valence-electron chi connectivity index (χ2n) is 6.27. The summed E-state index contributed by atoms with van der Waals surface area (Å²) in [6, 6.07) is 14.7. The van der Waals surface area contributed by atoms with Crippen LogP contribution in [0.25, 0.3) is 0 Å². The van der Waals surface area contributed by atoms with Crippen LogP contribution < -0.4 is 0 Å². The summed E-state index contributed by atoms with van der Waals surface area (Å²) in [4.78, 5) is 17.0. The minimum atomic E-state index is 0.172. The summed E-state index contributed by atoms with van der Waals surface area (Å²) >= 11 is 1.61. The first-order valence-corrected chi connectivity index (χ1v) is 9.22. The quantitative estimate of drug-likeness (QED) is 0.826. The molecule has 4 heteroatoms. The maximum atomic E-state index is 13.0. The van der Waals surface area contributed by atoms with E-state index in [1.165, 1.54) is 10.4 Å². The second-order valence-corrected chi connectivity index (χ2v) is 7.39. The van der Waals surface area contributed by atoms with Crippen LogP contribution in [0.1, 0.15) is 57.9 Å². The highest BCUT2D eigenvalue weighted by molar-refractivity contribution is 7.14. The highest BCUT2D eigenvalue weighted by atomic mass is 32.1. The van der Waals surface area contributed by atoms with Gasteiger partial charge >= 0.3 is 0 Å². The van der Waals surface area contributed by atoms with Gasteiger partial charge in [-0.1, -0.05) is 30.3 Å². The molecule has 1 aromatic carbocycles. The number of thiophene rings is 1. The van der Waals surface area contributed by atoms with Gasteiger partial charge in [-0.05, 0) is 43.4 Å². The Hall–Kier alpha value is -1.65. The van der Waals surface area contributed by atoms with Crippen LogP contribution in [0.2, 0.25) is 0 Å². The van der Waals surface area contributed by atoms with E-state index in [1.54, 1.807) is 11.3 Å². The number of ether oxygens (including phenoxy) is 1. The zero-order chi connectivity index (χ0) is 15.6. The molecule has 0 bridgehead atoms. The lowest BCUT2D eigenvalue weighted by atomic mass is 10.0. The number of nitrogens with zero attached hydrogens (tertiary/aromatic N) is 1. The predicted molar refractivity (Wildman–Crippen MR) is 91.7 cm³/mol. The molecular formula is C19H21NO2S. The first-order chi connectivity index (χ1) is 11.3. The number of carbonyl (C=O) groups is 1. The third-order valence-electron chi connectivity index (χ3n) is 4.78. The molecule has 2 aliphatic heterocycles. The number of carbonyl (C=O) groups excluding carboxylic acids is 1. The monoisotopic (exact) mass is 327 g/mol. The van der Waals surface area contributed by atoms with Gasteiger partial charge < -0.3 is 9.64 Å². The zero-order valence-electron chi connectivity index (χ0n) is 13.1. The molecule has 2 atom stereocenters. The fraction of sp³-hybridized carbons (Fsp3) is 0.421. The summed E-state index contributed by atoms with van der Waals surface area (Å²) in [5, 5.41) is 0. The van der Waals surface area contributed by atoms with Gasteiger partial charge in [-0.15, -0.1) is 11.3 Å². The van der Waals surface area contributed by atoms with Crippen molar-refractivity contribution in [2.75, 3.05) is 13.2 Å². The maximum absolute atomic E-state index is 13.0. The Bertz CT molecular complexity index is 676. The highest BCUT2D eigenvalue weighted by Gasteiger charge is 2.31. The first kappa shape index (κ1) is 14.9. The average molecular weight is 327 g/mol. The number of rotatable bonds is 3. The molecule has 23 heavy (non-hydrogen) atoms. The molecule has 1 aromatic heterocycles. The van der Waals surface area contributed by atoms with Crippen molar-refractivity contribution in [2.45, 2.75) is 37.8 Å². The molecule has 0 spiro atoms. The van der Waals surface area contributed by atoms with Crippen LogP contribution in [0.3, 0.4) is 0 Å². The molecule has 0 aliphatic carbocycles. The largest absolute Gasteiger partial charge is 0.373 e. The van der Waals surface area contributed by atoms with E-state index >= 15 is 0 Å². The number of likely N-dealkylation sites (tertiary alicyclic amines) is 1. The van der Waals surface area contributed by atoms with Gasteiger partial charge in [0.25, 0.3) is 5.91 Å². The maximum Gasteiger partial charge on any atom is 0.264 e. The fourth-order valence-corrected chi connectivity index (χ4v) is 4.66. The van der Waals surface area contributed by atoms with Crippen LogP contribution in [0, 0.1) is 0 Å². The van der Waals surface area contributed by atoms with E-state index in [0.29, 0.717) is 0 Å². The van der Waals surface area contributed by atoms with Crippen LogP contribution in [0.15, 0.2) is 42.5 Å². The van der Waals surface area contributed by atoms with E-state index in [9.17, 15) is 4.79 Å². The van der Waals surface area contributed by atoms with Crippen molar-refractivity contribution >= 4 is 17.2 Å². The topological polar surface area (TPSA) is 29.5 Å². The van der Waals surface area contributed by atoms with Gasteiger partial charge in [0.05, 0.1) is 17.0 Å². The molecular weight excluding hydrogens is 306 g/mol. The molecule has 2 saturated heterocycles. The van der Waals surface area contributed by atoms with Crippen LogP contribution in [-0.2, 0) is 4.74 Å². The number of benzene rings is 1. The summed E-state index contributed by atoms with van der Waals surface area (Å²) in [5.74, 6) is 0.172. The lowest BCUT2D eigenvalue weighted by molar-refractivity contribution is 0.0740. The Kier molecular flexibility index (Phi) is 4.19. The Morgan fingerprint density at radius 3 is 2.74 bits per heavy atom. The molecule has 0 N–H and O–H groups in total. The fourth-order valence-electron chi connectivity index (χ4n) is 3.62. The molecule has 4 rings (SSSR count). The molecule has 120 valence electrons. The summed E-state index contributed by atoms with van der Waals surface area (Å²) < 4.78 is 5.73. The predicted octanol–water partition coefficient (Wildman–Crippen LogP) is 4.58. The van der Waals surface area contributed by atoms with Gasteiger partial charge in [-0.2, -0.15) is 0 Å². The molecule has 0 radical (unpaired) electrons. The van der Waals surface area contributed by atoms with Crippen molar-refractivity contribution < 1.29 is 9.53 Å². The Labute approximate surface area is 140 Å². The Morgan fingerprint density at radius 1 is 1.09 bits per heavy atom. The third kappa shape index (κ3) is 2.93. The van der Waals surface area contributed by atoms with E-state index in [-0.39, 0.29) is 18.1 Å². The number of hydrogen-bond donors (Lipinski definition) is 0. The van der Waals surface area contributed by atoms with Gasteiger partial charge in [0, 0.05) is 18.0 Å². The number of hydrogen-bond acceptors (Lipinski definition) is 3. The van der Waals surface area contributed by atoms with Crippen molar-refractivity contribution in [1.82, 2.24) is 4.90 Å². The van der Waals surface area contributed by atoms with Gasteiger partial charge in [0.15, 0.2) is 0 Å². The van der Waals surface area contributed by atoms with E-state index in [4.69, 9.17) is 4.74 Å². The van der Waals surface area contributed by atoms with Crippen molar-refractivity contribution in [3.63, 3.8) is 0 Å². The minimum Gasteiger partial charge on any atom is -0.373 e. The van der Waals surface area contributed by atoms with E-state index in [0.717, 1.165) is 43.7 Å². The van der Waals surface area contributed by atoms with Gasteiger partial charge in [-0.3, -0.25) is 4.79 Å². The van der Waals surface area contributed by atoms with Crippen LogP contribution in [0.5, 0.6) is 0 Å². The molecule has 2 aliphatic rings. The van der Waals surface area contributed by atoms with Gasteiger partial charge in [0.1, 0.15) is 0 Å².